The number of amides is 3. The second-order valence-electron chi connectivity index (χ2n) is 7.96. The number of anilines is 1. The Morgan fingerprint density at radius 2 is 1.73 bits per heavy atom. The van der Waals surface area contributed by atoms with E-state index < -0.39 is 0 Å². The highest BCUT2D eigenvalue weighted by Gasteiger charge is 2.24. The monoisotopic (exact) mass is 466 g/mol. The molecule has 3 aromatic rings. The zero-order chi connectivity index (χ0) is 23.0. The van der Waals surface area contributed by atoms with Gasteiger partial charge in [-0.15, -0.1) is 11.3 Å². The molecule has 1 aromatic heterocycles. The van der Waals surface area contributed by atoms with Crippen LogP contribution in [0.15, 0.2) is 66.0 Å². The van der Waals surface area contributed by atoms with Gasteiger partial charge in [-0.05, 0) is 67.7 Å². The van der Waals surface area contributed by atoms with E-state index in [1.54, 1.807) is 53.8 Å². The third kappa shape index (κ3) is 6.18. The number of likely N-dealkylation sites (tertiary alicyclic amines) is 1. The third-order valence-corrected chi connectivity index (χ3v) is 6.68. The molecule has 1 aliphatic rings. The highest BCUT2D eigenvalue weighted by atomic mass is 32.1. The minimum Gasteiger partial charge on any atom is -0.348 e. The second kappa shape index (κ2) is 11.1. The fraction of sp³-hybridized carbons (Fsp3) is 0.280. The Kier molecular flexibility index (Phi) is 7.70. The number of urea groups is 1. The van der Waals surface area contributed by atoms with E-state index in [-0.39, 0.29) is 30.3 Å². The van der Waals surface area contributed by atoms with Crippen molar-refractivity contribution in [2.75, 3.05) is 25.0 Å². The summed E-state index contributed by atoms with van der Waals surface area (Å²) in [5.41, 5.74) is 1.45. The maximum Gasteiger partial charge on any atom is 0.319 e. The van der Waals surface area contributed by atoms with E-state index in [0.717, 1.165) is 13.1 Å². The molecule has 0 spiro atoms. The summed E-state index contributed by atoms with van der Waals surface area (Å²) in [4.78, 5) is 28.5. The number of hydrogen-bond acceptors (Lipinski definition) is 4. The molecule has 3 amide bonds. The summed E-state index contributed by atoms with van der Waals surface area (Å²) in [6.07, 6.45) is 2.38. The van der Waals surface area contributed by atoms with Crippen LogP contribution in [0.5, 0.6) is 0 Å². The van der Waals surface area contributed by atoms with Crippen LogP contribution in [0.3, 0.4) is 0 Å². The van der Waals surface area contributed by atoms with Crippen molar-refractivity contribution in [1.29, 1.82) is 0 Å². The zero-order valence-electron chi connectivity index (χ0n) is 18.2. The van der Waals surface area contributed by atoms with Gasteiger partial charge in [-0.1, -0.05) is 24.3 Å². The van der Waals surface area contributed by atoms with Crippen LogP contribution in [0.25, 0.3) is 0 Å². The lowest BCUT2D eigenvalue weighted by Crippen LogP contribution is -2.38. The van der Waals surface area contributed by atoms with Gasteiger partial charge in [-0.3, -0.25) is 9.69 Å². The first-order valence-corrected chi connectivity index (χ1v) is 11.9. The van der Waals surface area contributed by atoms with Gasteiger partial charge in [0.05, 0.1) is 6.04 Å². The number of carbonyl (C=O) groups excluding carboxylic acids is 2. The molecule has 1 aliphatic heterocycles. The van der Waals surface area contributed by atoms with Crippen LogP contribution in [-0.4, -0.2) is 36.5 Å². The maximum absolute atomic E-state index is 13.7. The number of nitrogens with one attached hydrogen (secondary N) is 3. The van der Waals surface area contributed by atoms with Crippen LogP contribution in [0, 0.1) is 5.82 Å². The molecule has 0 saturated carbocycles. The third-order valence-electron chi connectivity index (χ3n) is 5.71. The molecule has 1 unspecified atom stereocenters. The minimum absolute atomic E-state index is 0.107. The molecule has 0 bridgehead atoms. The second-order valence-corrected chi connectivity index (χ2v) is 8.94. The van der Waals surface area contributed by atoms with E-state index >= 15 is 0 Å². The lowest BCUT2D eigenvalue weighted by atomic mass is 10.1. The highest BCUT2D eigenvalue weighted by Crippen LogP contribution is 2.27. The fourth-order valence-electron chi connectivity index (χ4n) is 3.93. The van der Waals surface area contributed by atoms with E-state index in [4.69, 9.17) is 0 Å². The smallest absolute Gasteiger partial charge is 0.319 e. The summed E-state index contributed by atoms with van der Waals surface area (Å²) >= 11 is 1.71. The van der Waals surface area contributed by atoms with E-state index in [0.29, 0.717) is 23.4 Å². The van der Waals surface area contributed by atoms with Crippen LogP contribution in [0.4, 0.5) is 14.9 Å². The lowest BCUT2D eigenvalue weighted by molar-refractivity contribution is 0.0950. The number of thiophene rings is 1. The van der Waals surface area contributed by atoms with Gasteiger partial charge < -0.3 is 16.0 Å². The van der Waals surface area contributed by atoms with Gasteiger partial charge in [0.25, 0.3) is 5.91 Å². The molecule has 33 heavy (non-hydrogen) atoms. The van der Waals surface area contributed by atoms with Gasteiger partial charge >= 0.3 is 6.03 Å². The molecule has 1 saturated heterocycles. The molecule has 0 aliphatic carbocycles. The topological polar surface area (TPSA) is 73.5 Å². The Hall–Kier alpha value is -3.23. The van der Waals surface area contributed by atoms with E-state index in [2.05, 4.69) is 32.3 Å². The van der Waals surface area contributed by atoms with Crippen molar-refractivity contribution in [1.82, 2.24) is 15.5 Å². The first kappa shape index (κ1) is 22.9. The first-order chi connectivity index (χ1) is 16.1. The van der Waals surface area contributed by atoms with Crippen LogP contribution >= 0.6 is 11.3 Å². The SMILES string of the molecule is O=C(NCC(c1cccs1)N1CCCC1)Nc1ccc(C(=O)NCc2ccccc2F)cc1. The van der Waals surface area contributed by atoms with Gasteiger partial charge in [0.1, 0.15) is 5.82 Å². The predicted octanol–water partition coefficient (Wildman–Crippen LogP) is 4.78. The van der Waals surface area contributed by atoms with Gasteiger partial charge in [0, 0.05) is 34.8 Å². The van der Waals surface area contributed by atoms with Crippen LogP contribution in [0.1, 0.15) is 39.7 Å². The molecule has 4 rings (SSSR count). The average molecular weight is 467 g/mol. The Balaban J connectivity index is 1.27. The van der Waals surface area contributed by atoms with E-state index in [1.165, 1.54) is 23.8 Å². The Morgan fingerprint density at radius 3 is 2.42 bits per heavy atom. The van der Waals surface area contributed by atoms with Gasteiger partial charge in [0.2, 0.25) is 0 Å². The van der Waals surface area contributed by atoms with E-state index in [1.807, 2.05) is 6.07 Å². The quantitative estimate of drug-likeness (QED) is 0.448. The summed E-state index contributed by atoms with van der Waals surface area (Å²) in [5.74, 6) is -0.659. The first-order valence-electron chi connectivity index (χ1n) is 11.0. The molecule has 1 fully saturated rings. The Bertz CT molecular complexity index is 1070. The Morgan fingerprint density at radius 1 is 0.970 bits per heavy atom. The number of hydrogen-bond donors (Lipinski definition) is 3. The maximum atomic E-state index is 13.7. The van der Waals surface area contributed by atoms with Gasteiger partial charge in [-0.2, -0.15) is 0 Å². The molecule has 172 valence electrons. The van der Waals surface area contributed by atoms with Crippen molar-refractivity contribution < 1.29 is 14.0 Å². The summed E-state index contributed by atoms with van der Waals surface area (Å²) in [6.45, 7) is 2.73. The van der Waals surface area contributed by atoms with Crippen molar-refractivity contribution in [3.05, 3.63) is 87.9 Å². The fourth-order valence-corrected chi connectivity index (χ4v) is 4.79. The zero-order valence-corrected chi connectivity index (χ0v) is 19.0. The lowest BCUT2D eigenvalue weighted by Gasteiger charge is -2.26. The standard InChI is InChI=1S/C25H27FN4O2S/c26-21-7-2-1-6-19(21)16-27-24(31)18-9-11-20(12-10-18)29-25(32)28-17-22(23-8-5-15-33-23)30-13-3-4-14-30/h1-2,5-12,15,22H,3-4,13-14,16-17H2,(H,27,31)(H2,28,29,32). The van der Waals surface area contributed by atoms with Crippen molar-refractivity contribution >= 4 is 29.0 Å². The number of benzene rings is 2. The Labute approximate surface area is 196 Å². The predicted molar refractivity (Wildman–Crippen MR) is 129 cm³/mol. The average Bonchev–Trinajstić information content (AvgIpc) is 3.54. The molecule has 8 heteroatoms. The molecule has 0 radical (unpaired) electrons. The number of rotatable bonds is 8. The van der Waals surface area contributed by atoms with Crippen LogP contribution in [-0.2, 0) is 6.54 Å². The molecule has 6 nitrogen and oxygen atoms in total. The normalized spacial score (nSPS) is 14.6. The number of halogens is 1. The van der Waals surface area contributed by atoms with E-state index in [9.17, 15) is 14.0 Å². The van der Waals surface area contributed by atoms with Crippen molar-refractivity contribution in [2.24, 2.45) is 0 Å². The summed E-state index contributed by atoms with van der Waals surface area (Å²) < 4.78 is 13.7. The summed E-state index contributed by atoms with van der Waals surface area (Å²) in [5, 5.41) is 10.6. The highest BCUT2D eigenvalue weighted by molar-refractivity contribution is 7.10. The number of nitrogens with zero attached hydrogens (tertiary/aromatic N) is 1. The molecule has 2 aromatic carbocycles. The molecular formula is C25H27FN4O2S. The van der Waals surface area contributed by atoms with Gasteiger partial charge in [0.15, 0.2) is 0 Å². The molecule has 3 N–H and O–H groups in total. The van der Waals surface area contributed by atoms with Crippen LogP contribution in [0.2, 0.25) is 0 Å². The number of carbonyl (C=O) groups is 2. The van der Waals surface area contributed by atoms with Crippen molar-refractivity contribution in [2.45, 2.75) is 25.4 Å². The molecule has 1 atom stereocenters. The van der Waals surface area contributed by atoms with Crippen molar-refractivity contribution in [3.8, 4) is 0 Å². The van der Waals surface area contributed by atoms with Crippen LogP contribution < -0.4 is 16.0 Å². The van der Waals surface area contributed by atoms with Crippen molar-refractivity contribution in [3.63, 3.8) is 0 Å². The molecule has 2 heterocycles. The van der Waals surface area contributed by atoms with Gasteiger partial charge in [-0.25, -0.2) is 9.18 Å². The minimum atomic E-state index is -0.352. The summed E-state index contributed by atoms with van der Waals surface area (Å²) in [6, 6.07) is 17.0. The molecular weight excluding hydrogens is 439 g/mol. The summed E-state index contributed by atoms with van der Waals surface area (Å²) in [7, 11) is 0. The largest absolute Gasteiger partial charge is 0.348 e.